The summed E-state index contributed by atoms with van der Waals surface area (Å²) in [5, 5.41) is 0. The van der Waals surface area contributed by atoms with E-state index in [9.17, 15) is 4.79 Å². The average molecular weight is 431 g/mol. The van der Waals surface area contributed by atoms with Crippen LogP contribution in [0.25, 0.3) is 0 Å². The molecule has 1 aliphatic heterocycles. The highest BCUT2D eigenvalue weighted by Gasteiger charge is 2.32. The first kappa shape index (κ1) is 22.1. The fourth-order valence-corrected chi connectivity index (χ4v) is 4.19. The van der Waals surface area contributed by atoms with Gasteiger partial charge >= 0.3 is 5.97 Å². The van der Waals surface area contributed by atoms with Crippen molar-refractivity contribution >= 4 is 5.97 Å². The lowest BCUT2D eigenvalue weighted by molar-refractivity contribution is -0.160. The molecule has 4 nitrogen and oxygen atoms in total. The molecule has 1 heterocycles. The third-order valence-corrected chi connectivity index (χ3v) is 5.79. The third kappa shape index (κ3) is 6.44. The van der Waals surface area contributed by atoms with E-state index in [1.807, 2.05) is 48.5 Å². The van der Waals surface area contributed by atoms with E-state index in [0.717, 1.165) is 36.1 Å². The second-order valence-electron chi connectivity index (χ2n) is 8.32. The van der Waals surface area contributed by atoms with Crippen molar-refractivity contribution < 1.29 is 19.0 Å². The normalized spacial score (nSPS) is 20.5. The van der Waals surface area contributed by atoms with E-state index in [1.54, 1.807) is 0 Å². The summed E-state index contributed by atoms with van der Waals surface area (Å²) in [7, 11) is 0. The number of benzene rings is 3. The number of hydrogen-bond donors (Lipinski definition) is 0. The molecule has 0 spiro atoms. The zero-order valence-corrected chi connectivity index (χ0v) is 18.5. The van der Waals surface area contributed by atoms with E-state index in [2.05, 4.69) is 36.4 Å². The first-order chi connectivity index (χ1) is 15.7. The van der Waals surface area contributed by atoms with E-state index < -0.39 is 0 Å². The fraction of sp³-hybridized carbons (Fsp3) is 0.321. The van der Waals surface area contributed by atoms with Gasteiger partial charge in [-0.05, 0) is 41.7 Å². The fourth-order valence-electron chi connectivity index (χ4n) is 4.19. The van der Waals surface area contributed by atoms with Gasteiger partial charge in [0, 0.05) is 19.8 Å². The van der Waals surface area contributed by atoms with Crippen LogP contribution in [0.3, 0.4) is 0 Å². The van der Waals surface area contributed by atoms with Gasteiger partial charge in [-0.1, -0.05) is 72.8 Å². The molecule has 166 valence electrons. The Labute approximate surface area is 190 Å². The van der Waals surface area contributed by atoms with Crippen LogP contribution in [0.4, 0.5) is 0 Å². The van der Waals surface area contributed by atoms with Crippen LogP contribution < -0.4 is 4.74 Å². The van der Waals surface area contributed by atoms with Gasteiger partial charge in [-0.25, -0.2) is 0 Å². The first-order valence-corrected chi connectivity index (χ1v) is 11.3. The molecule has 0 aliphatic carbocycles. The smallest absolute Gasteiger partial charge is 0.302 e. The summed E-state index contributed by atoms with van der Waals surface area (Å²) in [6.45, 7) is 2.04. The van der Waals surface area contributed by atoms with Gasteiger partial charge in [-0.3, -0.25) is 4.79 Å². The van der Waals surface area contributed by atoms with Gasteiger partial charge in [0.2, 0.25) is 0 Å². The maximum absolute atomic E-state index is 11.5. The molecule has 0 aromatic heterocycles. The Morgan fingerprint density at radius 1 is 0.875 bits per heavy atom. The Bertz CT molecular complexity index is 969. The van der Waals surface area contributed by atoms with Crippen LogP contribution in [-0.2, 0) is 27.3 Å². The second-order valence-corrected chi connectivity index (χ2v) is 8.32. The predicted octanol–water partition coefficient (Wildman–Crippen LogP) is 6.05. The van der Waals surface area contributed by atoms with Gasteiger partial charge in [0.05, 0.1) is 12.2 Å². The van der Waals surface area contributed by atoms with Crippen LogP contribution in [0.1, 0.15) is 49.0 Å². The predicted molar refractivity (Wildman–Crippen MR) is 124 cm³/mol. The molecule has 32 heavy (non-hydrogen) atoms. The summed E-state index contributed by atoms with van der Waals surface area (Å²) in [6, 6.07) is 28.6. The van der Waals surface area contributed by atoms with Gasteiger partial charge in [0.1, 0.15) is 18.5 Å². The molecular formula is C28H30O4. The van der Waals surface area contributed by atoms with Gasteiger partial charge in [-0.2, -0.15) is 0 Å². The SMILES string of the molecule is CC(=O)O[C@@H]1C[C@H](CCc2ccc(OCc3ccccc3)cc2)O[C@H](c2ccccc2)C1. The van der Waals surface area contributed by atoms with E-state index >= 15 is 0 Å². The molecule has 0 saturated carbocycles. The summed E-state index contributed by atoms with van der Waals surface area (Å²) >= 11 is 0. The Morgan fingerprint density at radius 3 is 2.25 bits per heavy atom. The largest absolute Gasteiger partial charge is 0.489 e. The van der Waals surface area contributed by atoms with Crippen molar-refractivity contribution in [2.75, 3.05) is 0 Å². The van der Waals surface area contributed by atoms with E-state index in [1.165, 1.54) is 12.5 Å². The number of ether oxygens (including phenoxy) is 3. The quantitative estimate of drug-likeness (QED) is 0.408. The van der Waals surface area contributed by atoms with Crippen molar-refractivity contribution in [2.24, 2.45) is 0 Å². The molecule has 1 saturated heterocycles. The van der Waals surface area contributed by atoms with Crippen LogP contribution in [0.15, 0.2) is 84.9 Å². The molecular weight excluding hydrogens is 400 g/mol. The van der Waals surface area contributed by atoms with E-state index in [0.29, 0.717) is 13.0 Å². The average Bonchev–Trinajstić information content (AvgIpc) is 2.83. The summed E-state index contributed by atoms with van der Waals surface area (Å²) in [5.74, 6) is 0.638. The number of carbonyl (C=O) groups excluding carboxylic acids is 1. The summed E-state index contributed by atoms with van der Waals surface area (Å²) in [5.41, 5.74) is 3.53. The standard InChI is InChI=1S/C28H30O4/c1-21(29)31-27-18-26(32-28(19-27)24-10-6-3-7-11-24)17-14-22-12-15-25(16-13-22)30-20-23-8-4-2-5-9-23/h2-13,15-16,26-28H,14,17-20H2,1H3/t26-,27+,28-/m0/s1. The van der Waals surface area contributed by atoms with Gasteiger partial charge in [-0.15, -0.1) is 0 Å². The first-order valence-electron chi connectivity index (χ1n) is 11.3. The topological polar surface area (TPSA) is 44.8 Å². The number of hydrogen-bond acceptors (Lipinski definition) is 4. The highest BCUT2D eigenvalue weighted by molar-refractivity contribution is 5.66. The molecule has 0 radical (unpaired) electrons. The molecule has 0 amide bonds. The molecule has 0 bridgehead atoms. The zero-order chi connectivity index (χ0) is 22.2. The highest BCUT2D eigenvalue weighted by Crippen LogP contribution is 2.34. The lowest BCUT2D eigenvalue weighted by Gasteiger charge is -2.35. The molecule has 1 fully saturated rings. The minimum Gasteiger partial charge on any atom is -0.489 e. The van der Waals surface area contributed by atoms with Gasteiger partial charge in [0.15, 0.2) is 0 Å². The molecule has 0 N–H and O–H groups in total. The summed E-state index contributed by atoms with van der Waals surface area (Å²) < 4.78 is 17.9. The van der Waals surface area contributed by atoms with Crippen LogP contribution >= 0.6 is 0 Å². The lowest BCUT2D eigenvalue weighted by atomic mass is 9.93. The molecule has 3 aromatic rings. The van der Waals surface area contributed by atoms with Crippen LogP contribution in [0.5, 0.6) is 5.75 Å². The maximum atomic E-state index is 11.5. The molecule has 1 aliphatic rings. The Kier molecular flexibility index (Phi) is 7.57. The maximum Gasteiger partial charge on any atom is 0.302 e. The Balaban J connectivity index is 1.32. The van der Waals surface area contributed by atoms with Crippen molar-refractivity contribution in [2.45, 2.75) is 57.5 Å². The summed E-state index contributed by atoms with van der Waals surface area (Å²) in [6.07, 6.45) is 3.11. The van der Waals surface area contributed by atoms with E-state index in [4.69, 9.17) is 14.2 Å². The summed E-state index contributed by atoms with van der Waals surface area (Å²) in [4.78, 5) is 11.5. The second kappa shape index (κ2) is 11.0. The van der Waals surface area contributed by atoms with Crippen molar-refractivity contribution in [3.8, 4) is 5.75 Å². The van der Waals surface area contributed by atoms with Gasteiger partial charge in [0.25, 0.3) is 0 Å². The highest BCUT2D eigenvalue weighted by atomic mass is 16.6. The minimum absolute atomic E-state index is 0.0481. The van der Waals surface area contributed by atoms with Crippen LogP contribution in [0, 0.1) is 0 Å². The zero-order valence-electron chi connectivity index (χ0n) is 18.5. The van der Waals surface area contributed by atoms with Crippen molar-refractivity contribution in [3.05, 3.63) is 102 Å². The van der Waals surface area contributed by atoms with Crippen molar-refractivity contribution in [1.82, 2.24) is 0 Å². The molecule has 4 heteroatoms. The number of rotatable bonds is 8. The monoisotopic (exact) mass is 430 g/mol. The molecule has 3 atom stereocenters. The van der Waals surface area contributed by atoms with E-state index in [-0.39, 0.29) is 24.3 Å². The molecule has 4 rings (SSSR count). The molecule has 0 unspecified atom stereocenters. The Morgan fingerprint density at radius 2 is 1.56 bits per heavy atom. The minimum atomic E-state index is -0.228. The van der Waals surface area contributed by atoms with Crippen molar-refractivity contribution in [3.63, 3.8) is 0 Å². The van der Waals surface area contributed by atoms with Crippen molar-refractivity contribution in [1.29, 1.82) is 0 Å². The van der Waals surface area contributed by atoms with Gasteiger partial charge < -0.3 is 14.2 Å². The van der Waals surface area contributed by atoms with Crippen LogP contribution in [0.2, 0.25) is 0 Å². The van der Waals surface area contributed by atoms with Crippen LogP contribution in [-0.4, -0.2) is 18.2 Å². The Hall–Kier alpha value is -3.11. The number of aryl methyl sites for hydroxylation is 1. The number of carbonyl (C=O) groups is 1. The lowest BCUT2D eigenvalue weighted by Crippen LogP contribution is -2.34. The third-order valence-electron chi connectivity index (χ3n) is 5.79. The number of esters is 1. The molecule has 3 aromatic carbocycles.